The Morgan fingerprint density at radius 1 is 0.276 bits per heavy atom. The molecular formula is C93H62N2O2S. The van der Waals surface area contributed by atoms with Crippen LogP contribution in [0.4, 0.5) is 34.1 Å². The maximum absolute atomic E-state index is 6.71. The largest absolute Gasteiger partial charge is 0.455 e. The van der Waals surface area contributed by atoms with Crippen molar-refractivity contribution in [2.45, 2.75) is 19.3 Å². The molecule has 0 radical (unpaired) electrons. The molecule has 18 aromatic rings. The quantitative estimate of drug-likeness (QED) is 0.122. The van der Waals surface area contributed by atoms with E-state index in [-0.39, 0.29) is 0 Å². The summed E-state index contributed by atoms with van der Waals surface area (Å²) in [6.07, 6.45) is 0. The Labute approximate surface area is 572 Å². The standard InChI is InChI=1S/C93H62N2O2S/c1-93(2)82-57-71(94(67-49-41-61(42-50-67)74-33-17-27-59-21-9-11-29-72(59)74)68-51-45-63(46-52-68)76-35-19-37-80-78-31-13-15-39-84(78)96-89(76)80)58-83(86(82)87-88(93)92(66-25-7-4-8-26-66)98-91(87)65-23-5-3-6-24-65)95(69-53-43-62(44-54-69)75-34-18-28-60-22-10-12-30-73(60)75)70-55-47-64(48-56-70)77-36-20-38-81-79-32-14-16-40-85(79)97-90(77)81/h3-58H,1-2H3. The van der Waals surface area contributed by atoms with Crippen molar-refractivity contribution in [3.63, 3.8) is 0 Å². The Balaban J connectivity index is 0.869. The molecule has 1 aliphatic carbocycles. The van der Waals surface area contributed by atoms with Gasteiger partial charge in [-0.05, 0) is 150 Å². The number of thiophene rings is 1. The van der Waals surface area contributed by atoms with Crippen LogP contribution in [-0.2, 0) is 5.41 Å². The Bertz CT molecular complexity index is 6110. The maximum atomic E-state index is 6.71. The summed E-state index contributed by atoms with van der Waals surface area (Å²) >= 11 is 1.91. The average molecular weight is 1270 g/mol. The predicted molar refractivity (Wildman–Crippen MR) is 413 cm³/mol. The number of fused-ring (bicyclic) bond motifs is 11. The van der Waals surface area contributed by atoms with Gasteiger partial charge in [-0.15, -0.1) is 11.3 Å². The van der Waals surface area contributed by atoms with E-state index in [1.54, 1.807) is 0 Å². The van der Waals surface area contributed by atoms with Crippen LogP contribution < -0.4 is 9.80 Å². The van der Waals surface area contributed by atoms with E-state index in [9.17, 15) is 0 Å². The normalized spacial score (nSPS) is 12.5. The maximum Gasteiger partial charge on any atom is 0.143 e. The summed E-state index contributed by atoms with van der Waals surface area (Å²) in [6.45, 7) is 4.90. The molecule has 462 valence electrons. The van der Waals surface area contributed by atoms with Gasteiger partial charge in [0, 0.05) is 87.4 Å². The molecule has 4 nitrogen and oxygen atoms in total. The summed E-state index contributed by atoms with van der Waals surface area (Å²) in [5, 5.41) is 9.31. The topological polar surface area (TPSA) is 32.8 Å². The Morgan fingerprint density at radius 2 is 0.643 bits per heavy atom. The van der Waals surface area contributed by atoms with Gasteiger partial charge in [0.25, 0.3) is 0 Å². The number of nitrogens with zero attached hydrogens (tertiary/aromatic N) is 2. The van der Waals surface area contributed by atoms with Gasteiger partial charge in [0.15, 0.2) is 0 Å². The van der Waals surface area contributed by atoms with E-state index in [2.05, 4.69) is 351 Å². The number of furan rings is 2. The van der Waals surface area contributed by atoms with Gasteiger partial charge in [0.1, 0.15) is 22.3 Å². The first-order valence-electron chi connectivity index (χ1n) is 33.6. The van der Waals surface area contributed by atoms with Crippen LogP contribution >= 0.6 is 11.3 Å². The van der Waals surface area contributed by atoms with E-state index < -0.39 is 5.41 Å². The van der Waals surface area contributed by atoms with Crippen molar-refractivity contribution in [2.24, 2.45) is 0 Å². The fraction of sp³-hybridized carbons (Fsp3) is 0.0323. The van der Waals surface area contributed by atoms with Gasteiger partial charge >= 0.3 is 0 Å². The number of hydrogen-bond donors (Lipinski definition) is 0. The van der Waals surface area contributed by atoms with E-state index in [1.165, 1.54) is 75.8 Å². The Hall–Kier alpha value is -12.3. The molecule has 1 aliphatic rings. The summed E-state index contributed by atoms with van der Waals surface area (Å²) in [6, 6.07) is 124. The summed E-state index contributed by atoms with van der Waals surface area (Å²) in [4.78, 5) is 7.52. The molecule has 5 heteroatoms. The number of hydrogen-bond acceptors (Lipinski definition) is 5. The average Bonchev–Trinajstić information content (AvgIpc) is 1.52. The molecule has 0 unspecified atom stereocenters. The lowest BCUT2D eigenvalue weighted by Gasteiger charge is -2.33. The third-order valence-electron chi connectivity index (χ3n) is 20.3. The summed E-state index contributed by atoms with van der Waals surface area (Å²) in [5.41, 5.74) is 25.6. The zero-order valence-corrected chi connectivity index (χ0v) is 54.8. The molecule has 0 spiro atoms. The molecule has 3 heterocycles. The number of para-hydroxylation sites is 4. The van der Waals surface area contributed by atoms with Crippen molar-refractivity contribution in [3.8, 4) is 76.5 Å². The minimum absolute atomic E-state index is 0.498. The molecule has 19 rings (SSSR count). The smallest absolute Gasteiger partial charge is 0.143 e. The van der Waals surface area contributed by atoms with Crippen molar-refractivity contribution in [3.05, 3.63) is 351 Å². The molecule has 0 saturated heterocycles. The summed E-state index contributed by atoms with van der Waals surface area (Å²) in [7, 11) is 0. The Morgan fingerprint density at radius 3 is 1.12 bits per heavy atom. The molecule has 0 bridgehead atoms. The molecule has 98 heavy (non-hydrogen) atoms. The fourth-order valence-electron chi connectivity index (χ4n) is 15.6. The molecule has 0 saturated carbocycles. The number of rotatable bonds is 12. The Kier molecular flexibility index (Phi) is 13.4. The van der Waals surface area contributed by atoms with E-state index in [1.807, 2.05) is 23.5 Å². The SMILES string of the molecule is CC1(C)c2cc(N(c3ccc(-c4cccc5ccccc45)cc3)c3ccc(-c4cccc5c4oc4ccccc45)cc3)cc(N(c3ccc(-c4cccc5ccccc45)cc3)c3ccc(-c4cccc5c4oc4ccccc45)cc3)c2-c2c(-c3ccccc3)sc(-c3ccccc3)c21. The molecular weight excluding hydrogens is 1210 g/mol. The van der Waals surface area contributed by atoms with Gasteiger partial charge in [0.2, 0.25) is 0 Å². The highest BCUT2D eigenvalue weighted by atomic mass is 32.1. The van der Waals surface area contributed by atoms with Crippen LogP contribution in [0.1, 0.15) is 25.0 Å². The van der Waals surface area contributed by atoms with Crippen LogP contribution in [0.15, 0.2) is 349 Å². The van der Waals surface area contributed by atoms with Gasteiger partial charge in [0.05, 0.1) is 5.69 Å². The highest BCUT2D eigenvalue weighted by Crippen LogP contribution is 2.64. The molecule has 0 N–H and O–H groups in total. The minimum Gasteiger partial charge on any atom is -0.455 e. The van der Waals surface area contributed by atoms with Crippen molar-refractivity contribution in [1.82, 2.24) is 0 Å². The first-order valence-corrected chi connectivity index (χ1v) is 34.4. The van der Waals surface area contributed by atoms with E-state index >= 15 is 0 Å². The predicted octanol–water partition coefficient (Wildman–Crippen LogP) is 27.1. The minimum atomic E-state index is -0.498. The zero-order chi connectivity index (χ0) is 65.0. The lowest BCUT2D eigenvalue weighted by molar-refractivity contribution is 0.664. The van der Waals surface area contributed by atoms with Gasteiger partial charge < -0.3 is 18.6 Å². The van der Waals surface area contributed by atoms with Gasteiger partial charge in [-0.2, -0.15) is 0 Å². The first-order chi connectivity index (χ1) is 48.4. The number of anilines is 6. The number of benzene rings is 15. The van der Waals surface area contributed by atoms with Crippen LogP contribution in [0.5, 0.6) is 0 Å². The summed E-state index contributed by atoms with van der Waals surface area (Å²) in [5.74, 6) is 0. The van der Waals surface area contributed by atoms with Gasteiger partial charge in [-0.3, -0.25) is 0 Å². The molecule has 0 fully saturated rings. The monoisotopic (exact) mass is 1270 g/mol. The van der Waals surface area contributed by atoms with Crippen LogP contribution in [-0.4, -0.2) is 0 Å². The fourth-order valence-corrected chi connectivity index (χ4v) is 17.1. The molecule has 3 aromatic heterocycles. The van der Waals surface area contributed by atoms with Crippen molar-refractivity contribution < 1.29 is 8.83 Å². The third kappa shape index (κ3) is 9.34. The van der Waals surface area contributed by atoms with E-state index in [0.29, 0.717) is 0 Å². The van der Waals surface area contributed by atoms with E-state index in [4.69, 9.17) is 8.83 Å². The molecule has 0 aliphatic heterocycles. The highest BCUT2D eigenvalue weighted by Gasteiger charge is 2.44. The molecule has 0 amide bonds. The van der Waals surface area contributed by atoms with Crippen molar-refractivity contribution >= 4 is 111 Å². The van der Waals surface area contributed by atoms with E-state index in [0.717, 1.165) is 111 Å². The van der Waals surface area contributed by atoms with Crippen molar-refractivity contribution in [1.29, 1.82) is 0 Å². The summed E-state index contributed by atoms with van der Waals surface area (Å²) < 4.78 is 13.4. The zero-order valence-electron chi connectivity index (χ0n) is 54.0. The second-order valence-electron chi connectivity index (χ2n) is 26.2. The van der Waals surface area contributed by atoms with Gasteiger partial charge in [-0.1, -0.05) is 281 Å². The molecule has 15 aromatic carbocycles. The highest BCUT2D eigenvalue weighted by molar-refractivity contribution is 7.19. The lowest BCUT2D eigenvalue weighted by atomic mass is 9.81. The van der Waals surface area contributed by atoms with Crippen molar-refractivity contribution in [2.75, 3.05) is 9.80 Å². The van der Waals surface area contributed by atoms with Gasteiger partial charge in [-0.25, -0.2) is 0 Å². The first kappa shape index (κ1) is 57.2. The second-order valence-corrected chi connectivity index (χ2v) is 27.2. The lowest BCUT2D eigenvalue weighted by Crippen LogP contribution is -2.19. The van der Waals surface area contributed by atoms with Crippen LogP contribution in [0, 0.1) is 0 Å². The third-order valence-corrected chi connectivity index (χ3v) is 21.6. The van der Waals surface area contributed by atoms with Crippen LogP contribution in [0.2, 0.25) is 0 Å². The second kappa shape index (κ2) is 23.0. The van der Waals surface area contributed by atoms with Crippen LogP contribution in [0.25, 0.3) is 142 Å². The van der Waals surface area contributed by atoms with Crippen LogP contribution in [0.3, 0.4) is 0 Å². The molecule has 0 atom stereocenters.